The monoisotopic (exact) mass is 357 g/mol. The molecule has 0 unspecified atom stereocenters. The Morgan fingerprint density at radius 3 is 2.76 bits per heavy atom. The second kappa shape index (κ2) is 7.83. The highest BCUT2D eigenvalue weighted by molar-refractivity contribution is 7.17. The smallest absolute Gasteiger partial charge is 0.341 e. The summed E-state index contributed by atoms with van der Waals surface area (Å²) >= 11 is 1.53. The van der Waals surface area contributed by atoms with E-state index in [2.05, 4.69) is 12.2 Å². The van der Waals surface area contributed by atoms with Crippen molar-refractivity contribution in [3.05, 3.63) is 51.9 Å². The van der Waals surface area contributed by atoms with Gasteiger partial charge in [0.1, 0.15) is 5.00 Å². The third-order valence-electron chi connectivity index (χ3n) is 4.45. The zero-order chi connectivity index (χ0) is 17.8. The first-order valence-electron chi connectivity index (χ1n) is 8.74. The van der Waals surface area contributed by atoms with E-state index in [1.54, 1.807) is 6.92 Å². The molecule has 0 bridgehead atoms. The Morgan fingerprint density at radius 2 is 2.04 bits per heavy atom. The van der Waals surface area contributed by atoms with E-state index in [0.717, 1.165) is 30.4 Å². The molecule has 3 rings (SSSR count). The Kier molecular flexibility index (Phi) is 5.53. The van der Waals surface area contributed by atoms with E-state index in [1.165, 1.54) is 16.2 Å². The van der Waals surface area contributed by atoms with Gasteiger partial charge in [0.05, 0.1) is 18.6 Å². The number of fused-ring (bicyclic) bond motifs is 1. The van der Waals surface area contributed by atoms with Gasteiger partial charge < -0.3 is 10.1 Å². The molecule has 0 saturated carbocycles. The minimum atomic E-state index is -0.329. The van der Waals surface area contributed by atoms with Crippen LogP contribution < -0.4 is 5.32 Å². The Labute approximate surface area is 152 Å². The van der Waals surface area contributed by atoms with Gasteiger partial charge in [-0.1, -0.05) is 37.3 Å². The standard InChI is InChI=1S/C20H23NO3S/c1-3-24-20(23)18-15-10-9-13(2)11-16(15)25-19(18)21-17(22)12-14-7-5-4-6-8-14/h4-8,13H,3,9-12H2,1-2H3,(H,21,22)/t13-/m1/s1. The molecule has 25 heavy (non-hydrogen) atoms. The number of carbonyl (C=O) groups excluding carboxylic acids is 2. The van der Waals surface area contributed by atoms with Crippen molar-refractivity contribution in [2.24, 2.45) is 5.92 Å². The highest BCUT2D eigenvalue weighted by Gasteiger charge is 2.29. The average molecular weight is 357 g/mol. The molecular formula is C20H23NO3S. The van der Waals surface area contributed by atoms with E-state index >= 15 is 0 Å². The number of amides is 1. The van der Waals surface area contributed by atoms with Crippen LogP contribution in [-0.4, -0.2) is 18.5 Å². The van der Waals surface area contributed by atoms with Crippen LogP contribution in [-0.2, 0) is 28.8 Å². The van der Waals surface area contributed by atoms with Crippen LogP contribution >= 0.6 is 11.3 Å². The molecule has 0 aliphatic heterocycles. The lowest BCUT2D eigenvalue weighted by atomic mass is 9.88. The van der Waals surface area contributed by atoms with Crippen LogP contribution in [0.25, 0.3) is 0 Å². The zero-order valence-corrected chi connectivity index (χ0v) is 15.4. The second-order valence-electron chi connectivity index (χ2n) is 6.49. The van der Waals surface area contributed by atoms with Gasteiger partial charge in [-0.3, -0.25) is 4.79 Å². The fraction of sp³-hybridized carbons (Fsp3) is 0.400. The SMILES string of the molecule is CCOC(=O)c1c(NC(=O)Cc2ccccc2)sc2c1CC[C@@H](C)C2. The minimum Gasteiger partial charge on any atom is -0.462 e. The number of ether oxygens (including phenoxy) is 1. The van der Waals surface area contributed by atoms with Crippen molar-refractivity contribution in [3.8, 4) is 0 Å². The first-order valence-corrected chi connectivity index (χ1v) is 9.55. The number of carbonyl (C=O) groups is 2. The fourth-order valence-electron chi connectivity index (χ4n) is 3.21. The lowest BCUT2D eigenvalue weighted by molar-refractivity contribution is -0.115. The number of nitrogens with one attached hydrogen (secondary N) is 1. The second-order valence-corrected chi connectivity index (χ2v) is 7.59. The average Bonchev–Trinajstić information content (AvgIpc) is 2.92. The third-order valence-corrected chi connectivity index (χ3v) is 5.62. The molecule has 0 radical (unpaired) electrons. The first kappa shape index (κ1) is 17.7. The maximum Gasteiger partial charge on any atom is 0.341 e. The van der Waals surface area contributed by atoms with Crippen LogP contribution in [0.1, 0.15) is 46.6 Å². The summed E-state index contributed by atoms with van der Waals surface area (Å²) in [6.45, 7) is 4.35. The maximum atomic E-state index is 12.5. The normalized spacial score (nSPS) is 16.2. The van der Waals surface area contributed by atoms with Gasteiger partial charge in [0.25, 0.3) is 0 Å². The van der Waals surface area contributed by atoms with Gasteiger partial charge in [0.15, 0.2) is 0 Å². The summed E-state index contributed by atoms with van der Waals surface area (Å²) in [4.78, 5) is 26.1. The quantitative estimate of drug-likeness (QED) is 0.815. The number of hydrogen-bond acceptors (Lipinski definition) is 4. The lowest BCUT2D eigenvalue weighted by Crippen LogP contribution is -2.17. The van der Waals surface area contributed by atoms with Crippen molar-refractivity contribution in [1.29, 1.82) is 0 Å². The highest BCUT2D eigenvalue weighted by atomic mass is 32.1. The molecule has 1 aromatic carbocycles. The molecule has 0 saturated heterocycles. The number of benzene rings is 1. The van der Waals surface area contributed by atoms with Crippen molar-refractivity contribution in [2.75, 3.05) is 11.9 Å². The fourth-order valence-corrected chi connectivity index (χ4v) is 4.63. The first-order chi connectivity index (χ1) is 12.1. The molecule has 1 aliphatic carbocycles. The van der Waals surface area contributed by atoms with Gasteiger partial charge in [-0.05, 0) is 43.2 Å². The summed E-state index contributed by atoms with van der Waals surface area (Å²) in [5.74, 6) is 0.169. The zero-order valence-electron chi connectivity index (χ0n) is 14.6. The Morgan fingerprint density at radius 1 is 1.28 bits per heavy atom. The van der Waals surface area contributed by atoms with Gasteiger partial charge >= 0.3 is 5.97 Å². The molecule has 1 aromatic heterocycles. The van der Waals surface area contributed by atoms with E-state index in [9.17, 15) is 9.59 Å². The van der Waals surface area contributed by atoms with Crippen LogP contribution in [0.5, 0.6) is 0 Å². The van der Waals surface area contributed by atoms with Crippen LogP contribution in [0.4, 0.5) is 5.00 Å². The molecule has 4 nitrogen and oxygen atoms in total. The van der Waals surface area contributed by atoms with Gasteiger partial charge in [-0.2, -0.15) is 0 Å². The van der Waals surface area contributed by atoms with E-state index in [1.807, 2.05) is 30.3 Å². The Balaban J connectivity index is 1.84. The summed E-state index contributed by atoms with van der Waals surface area (Å²) in [7, 11) is 0. The van der Waals surface area contributed by atoms with Crippen LogP contribution in [0, 0.1) is 5.92 Å². The minimum absolute atomic E-state index is 0.108. The summed E-state index contributed by atoms with van der Waals surface area (Å²) in [6, 6.07) is 9.60. The molecular weight excluding hydrogens is 334 g/mol. The molecule has 5 heteroatoms. The van der Waals surface area contributed by atoms with Gasteiger partial charge in [0, 0.05) is 4.88 Å². The topological polar surface area (TPSA) is 55.4 Å². The highest BCUT2D eigenvalue weighted by Crippen LogP contribution is 2.40. The van der Waals surface area contributed by atoms with Crippen molar-refractivity contribution in [1.82, 2.24) is 0 Å². The van der Waals surface area contributed by atoms with Gasteiger partial charge in [-0.15, -0.1) is 11.3 Å². The van der Waals surface area contributed by atoms with Crippen molar-refractivity contribution >= 4 is 28.2 Å². The number of hydrogen-bond donors (Lipinski definition) is 1. The third kappa shape index (κ3) is 4.10. The van der Waals surface area contributed by atoms with Crippen LogP contribution in [0.15, 0.2) is 30.3 Å². The predicted molar refractivity (Wildman–Crippen MR) is 100 cm³/mol. The number of esters is 1. The van der Waals surface area contributed by atoms with Crippen LogP contribution in [0.3, 0.4) is 0 Å². The Bertz CT molecular complexity index is 767. The van der Waals surface area contributed by atoms with E-state index in [4.69, 9.17) is 4.74 Å². The molecule has 1 N–H and O–H groups in total. The Hall–Kier alpha value is -2.14. The lowest BCUT2D eigenvalue weighted by Gasteiger charge is -2.18. The van der Waals surface area contributed by atoms with Crippen molar-refractivity contribution in [3.63, 3.8) is 0 Å². The summed E-state index contributed by atoms with van der Waals surface area (Å²) in [5, 5.41) is 3.59. The molecule has 2 aromatic rings. The van der Waals surface area contributed by atoms with E-state index < -0.39 is 0 Å². The number of anilines is 1. The van der Waals surface area contributed by atoms with Crippen LogP contribution in [0.2, 0.25) is 0 Å². The number of thiophene rings is 1. The molecule has 132 valence electrons. The van der Waals surface area contributed by atoms with Gasteiger partial charge in [-0.25, -0.2) is 4.79 Å². The van der Waals surface area contributed by atoms with E-state index in [0.29, 0.717) is 29.5 Å². The number of rotatable bonds is 5. The summed E-state index contributed by atoms with van der Waals surface area (Å²) in [6.07, 6.45) is 3.19. The van der Waals surface area contributed by atoms with E-state index in [-0.39, 0.29) is 11.9 Å². The molecule has 1 amide bonds. The predicted octanol–water partition coefficient (Wildman–Crippen LogP) is 4.23. The largest absolute Gasteiger partial charge is 0.462 e. The molecule has 1 aliphatic rings. The molecule has 0 fully saturated rings. The van der Waals surface area contributed by atoms with Gasteiger partial charge in [0.2, 0.25) is 5.91 Å². The maximum absolute atomic E-state index is 12.5. The summed E-state index contributed by atoms with van der Waals surface area (Å²) in [5.41, 5.74) is 2.58. The summed E-state index contributed by atoms with van der Waals surface area (Å²) < 4.78 is 5.24. The molecule has 1 atom stereocenters. The van der Waals surface area contributed by atoms with Crippen molar-refractivity contribution in [2.45, 2.75) is 39.5 Å². The van der Waals surface area contributed by atoms with Crippen molar-refractivity contribution < 1.29 is 14.3 Å². The molecule has 1 heterocycles. The molecule has 0 spiro atoms.